The van der Waals surface area contributed by atoms with E-state index in [2.05, 4.69) is 15.5 Å². The number of benzene rings is 2. The molecule has 0 radical (unpaired) electrons. The molecule has 0 saturated carbocycles. The first-order chi connectivity index (χ1) is 11.2. The molecule has 1 N–H and O–H groups in total. The van der Waals surface area contributed by atoms with Gasteiger partial charge < -0.3 is 4.74 Å². The van der Waals surface area contributed by atoms with Crippen molar-refractivity contribution in [3.05, 3.63) is 60.2 Å². The number of ether oxygens (including phenoxy) is 1. The van der Waals surface area contributed by atoms with Crippen molar-refractivity contribution in [1.82, 2.24) is 0 Å². The average Bonchev–Trinajstić information content (AvgIpc) is 2.62. The molecule has 0 saturated heterocycles. The average molecular weight is 309 g/mol. The highest BCUT2D eigenvalue weighted by atomic mass is 16.5. The second-order valence-electron chi connectivity index (χ2n) is 4.80. The van der Waals surface area contributed by atoms with Crippen LogP contribution >= 0.6 is 0 Å². The summed E-state index contributed by atoms with van der Waals surface area (Å²) in [5.41, 5.74) is 5.08. The SMILES string of the molecule is CN=C(C)/C(=N\Nc1ccc(OC)cc1)C(=O)c1ccccc1. The Morgan fingerprint density at radius 3 is 2.26 bits per heavy atom. The van der Waals surface area contributed by atoms with Crippen LogP contribution in [0.4, 0.5) is 5.69 Å². The number of carbonyl (C=O) groups is 1. The third kappa shape index (κ3) is 4.26. The van der Waals surface area contributed by atoms with Gasteiger partial charge in [0.15, 0.2) is 5.71 Å². The van der Waals surface area contributed by atoms with Crippen LogP contribution in [-0.4, -0.2) is 31.4 Å². The van der Waals surface area contributed by atoms with Crippen molar-refractivity contribution in [2.45, 2.75) is 6.92 Å². The lowest BCUT2D eigenvalue weighted by atomic mass is 10.0. The van der Waals surface area contributed by atoms with Crippen molar-refractivity contribution in [3.63, 3.8) is 0 Å². The summed E-state index contributed by atoms with van der Waals surface area (Å²) in [5.74, 6) is 0.584. The molecule has 0 spiro atoms. The second-order valence-corrected chi connectivity index (χ2v) is 4.80. The summed E-state index contributed by atoms with van der Waals surface area (Å²) >= 11 is 0. The Balaban J connectivity index is 2.25. The van der Waals surface area contributed by atoms with Crippen LogP contribution in [0, 0.1) is 0 Å². The predicted octanol–water partition coefficient (Wildman–Crippen LogP) is 3.44. The minimum atomic E-state index is -0.172. The molecule has 5 nitrogen and oxygen atoms in total. The van der Waals surface area contributed by atoms with Gasteiger partial charge in [0.25, 0.3) is 0 Å². The van der Waals surface area contributed by atoms with E-state index in [0.717, 1.165) is 11.4 Å². The van der Waals surface area contributed by atoms with E-state index in [1.807, 2.05) is 42.5 Å². The van der Waals surface area contributed by atoms with Crippen LogP contribution in [0.15, 0.2) is 64.7 Å². The maximum Gasteiger partial charge on any atom is 0.215 e. The normalized spacial score (nSPS) is 12.0. The molecule has 0 aliphatic heterocycles. The number of ketones is 1. The molecule has 0 unspecified atom stereocenters. The number of nitrogens with one attached hydrogen (secondary N) is 1. The first-order valence-corrected chi connectivity index (χ1v) is 7.17. The van der Waals surface area contributed by atoms with Crippen molar-refractivity contribution in [2.24, 2.45) is 10.1 Å². The summed E-state index contributed by atoms with van der Waals surface area (Å²) in [6.07, 6.45) is 0. The summed E-state index contributed by atoms with van der Waals surface area (Å²) in [6.45, 7) is 1.76. The summed E-state index contributed by atoms with van der Waals surface area (Å²) in [4.78, 5) is 16.7. The zero-order valence-corrected chi connectivity index (χ0v) is 13.4. The summed E-state index contributed by atoms with van der Waals surface area (Å²) < 4.78 is 5.11. The van der Waals surface area contributed by atoms with Crippen LogP contribution < -0.4 is 10.2 Å². The van der Waals surface area contributed by atoms with Gasteiger partial charge in [0, 0.05) is 12.6 Å². The molecule has 0 heterocycles. The Kier molecular flexibility index (Phi) is 5.63. The van der Waals surface area contributed by atoms with Gasteiger partial charge in [-0.25, -0.2) is 0 Å². The molecule has 2 aromatic rings. The number of hydrogen-bond donors (Lipinski definition) is 1. The van der Waals surface area contributed by atoms with Crippen LogP contribution in [0.25, 0.3) is 0 Å². The van der Waals surface area contributed by atoms with Gasteiger partial charge in [0.2, 0.25) is 5.78 Å². The topological polar surface area (TPSA) is 63.1 Å². The molecule has 0 atom stereocenters. The van der Waals surface area contributed by atoms with E-state index in [0.29, 0.717) is 11.3 Å². The van der Waals surface area contributed by atoms with Crippen LogP contribution in [0.5, 0.6) is 5.75 Å². The molecule has 5 heteroatoms. The minimum absolute atomic E-state index is 0.172. The van der Waals surface area contributed by atoms with E-state index in [4.69, 9.17) is 4.74 Å². The fraction of sp³-hybridized carbons (Fsp3) is 0.167. The van der Waals surface area contributed by atoms with Crippen LogP contribution in [0.3, 0.4) is 0 Å². The number of hydrazone groups is 1. The highest BCUT2D eigenvalue weighted by Crippen LogP contribution is 2.15. The molecule has 2 aromatic carbocycles. The highest BCUT2D eigenvalue weighted by Gasteiger charge is 2.16. The lowest BCUT2D eigenvalue weighted by molar-refractivity contribution is 0.106. The minimum Gasteiger partial charge on any atom is -0.497 e. The lowest BCUT2D eigenvalue weighted by Gasteiger charge is -2.07. The van der Waals surface area contributed by atoms with Crippen LogP contribution in [0.1, 0.15) is 17.3 Å². The van der Waals surface area contributed by atoms with Gasteiger partial charge >= 0.3 is 0 Å². The maximum atomic E-state index is 12.6. The van der Waals surface area contributed by atoms with E-state index in [-0.39, 0.29) is 11.5 Å². The third-order valence-corrected chi connectivity index (χ3v) is 3.32. The Hall–Kier alpha value is -2.95. The Morgan fingerprint density at radius 2 is 1.70 bits per heavy atom. The van der Waals surface area contributed by atoms with Gasteiger partial charge in [-0.3, -0.25) is 15.2 Å². The zero-order chi connectivity index (χ0) is 16.7. The fourth-order valence-electron chi connectivity index (χ4n) is 1.91. The number of nitrogens with zero attached hydrogens (tertiary/aromatic N) is 2. The lowest BCUT2D eigenvalue weighted by Crippen LogP contribution is -2.23. The molecular formula is C18H19N3O2. The molecule has 0 amide bonds. The van der Waals surface area contributed by atoms with Gasteiger partial charge in [0.05, 0.1) is 18.5 Å². The zero-order valence-electron chi connectivity index (χ0n) is 13.4. The first-order valence-electron chi connectivity index (χ1n) is 7.17. The molecule has 23 heavy (non-hydrogen) atoms. The molecule has 0 aliphatic carbocycles. The van der Waals surface area contributed by atoms with E-state index in [1.165, 1.54) is 0 Å². The van der Waals surface area contributed by atoms with Crippen LogP contribution in [0.2, 0.25) is 0 Å². The van der Waals surface area contributed by atoms with Crippen molar-refractivity contribution in [2.75, 3.05) is 19.6 Å². The molecule has 0 bridgehead atoms. The summed E-state index contributed by atoms with van der Waals surface area (Å²) in [7, 11) is 3.24. The van der Waals surface area contributed by atoms with E-state index < -0.39 is 0 Å². The Bertz CT molecular complexity index is 720. The van der Waals surface area contributed by atoms with Gasteiger partial charge in [-0.15, -0.1) is 0 Å². The second kappa shape index (κ2) is 7.89. The van der Waals surface area contributed by atoms with Gasteiger partial charge in [-0.1, -0.05) is 30.3 Å². The summed E-state index contributed by atoms with van der Waals surface area (Å²) in [6, 6.07) is 16.3. The smallest absolute Gasteiger partial charge is 0.215 e. The largest absolute Gasteiger partial charge is 0.497 e. The standard InChI is InChI=1S/C18H19N3O2/c1-13(19-2)17(18(22)14-7-5-4-6-8-14)21-20-15-9-11-16(23-3)12-10-15/h4-12,20H,1-3H3/b19-13?,21-17+. The van der Waals surface area contributed by atoms with E-state index in [1.54, 1.807) is 33.2 Å². The number of rotatable bonds is 6. The maximum absolute atomic E-state index is 12.6. The van der Waals surface area contributed by atoms with Crippen molar-refractivity contribution in [3.8, 4) is 5.75 Å². The number of methoxy groups -OCH3 is 1. The highest BCUT2D eigenvalue weighted by molar-refractivity contribution is 6.70. The Morgan fingerprint density at radius 1 is 1.04 bits per heavy atom. The molecular weight excluding hydrogens is 290 g/mol. The molecule has 2 rings (SSSR count). The fourth-order valence-corrected chi connectivity index (χ4v) is 1.91. The number of carbonyl (C=O) groups excluding carboxylic acids is 1. The van der Waals surface area contributed by atoms with Crippen molar-refractivity contribution < 1.29 is 9.53 Å². The summed E-state index contributed by atoms with van der Waals surface area (Å²) in [5, 5.41) is 4.24. The number of Topliss-reactive ketones (excluding diaryl/α,β-unsaturated/α-hetero) is 1. The monoisotopic (exact) mass is 309 g/mol. The molecule has 118 valence electrons. The number of hydrogen-bond acceptors (Lipinski definition) is 5. The van der Waals surface area contributed by atoms with Gasteiger partial charge in [-0.05, 0) is 31.2 Å². The van der Waals surface area contributed by atoms with E-state index in [9.17, 15) is 4.79 Å². The number of anilines is 1. The van der Waals surface area contributed by atoms with E-state index >= 15 is 0 Å². The molecule has 0 aliphatic rings. The van der Waals surface area contributed by atoms with Crippen molar-refractivity contribution >= 4 is 22.9 Å². The first kappa shape index (κ1) is 16.4. The third-order valence-electron chi connectivity index (χ3n) is 3.32. The molecule has 0 aromatic heterocycles. The van der Waals surface area contributed by atoms with Gasteiger partial charge in [0.1, 0.15) is 5.75 Å². The molecule has 0 fully saturated rings. The van der Waals surface area contributed by atoms with Crippen LogP contribution in [-0.2, 0) is 0 Å². The predicted molar refractivity (Wildman–Crippen MR) is 93.9 cm³/mol. The number of aliphatic imine (C=N–C) groups is 1. The van der Waals surface area contributed by atoms with Crippen molar-refractivity contribution in [1.29, 1.82) is 0 Å². The quantitative estimate of drug-likeness (QED) is 0.505. The Labute approximate surface area is 135 Å². The van der Waals surface area contributed by atoms with Gasteiger partial charge in [-0.2, -0.15) is 5.10 Å².